The molecule has 1 aliphatic carbocycles. The minimum atomic E-state index is -4.66. The number of aromatic nitrogens is 2. The number of nitrogens with two attached hydrogens (primary N) is 1. The van der Waals surface area contributed by atoms with Gasteiger partial charge in [-0.25, -0.2) is 9.97 Å². The summed E-state index contributed by atoms with van der Waals surface area (Å²) in [4.78, 5) is 36.3. The molecule has 3 N–H and O–H groups in total. The number of benzene rings is 1. The Kier molecular flexibility index (Phi) is 7.10. The highest BCUT2D eigenvalue weighted by Gasteiger charge is 2.48. The maximum absolute atomic E-state index is 14.0. The van der Waals surface area contributed by atoms with Gasteiger partial charge in [-0.05, 0) is 57.4 Å². The number of fused-ring (bicyclic) bond motifs is 1. The number of amides is 2. The van der Waals surface area contributed by atoms with E-state index < -0.39 is 42.4 Å². The SMILES string of the molecule is COc1ccc(-c2nc(C(=O)N3C[C@H](NC(=O)C4CC4)C[C@H]3C3OC(C)O3)c([C@H](C)N)o2)c2ccc(C(F)(F)F)nc12. The van der Waals surface area contributed by atoms with Crippen molar-refractivity contribution < 1.29 is 41.4 Å². The maximum Gasteiger partial charge on any atom is 0.433 e. The lowest BCUT2D eigenvalue weighted by atomic mass is 10.1. The van der Waals surface area contributed by atoms with Crippen molar-refractivity contribution in [2.75, 3.05) is 13.7 Å². The Bertz CT molecular complexity index is 1530. The van der Waals surface area contributed by atoms with E-state index in [4.69, 9.17) is 24.4 Å². The molecule has 2 aromatic heterocycles. The second-order valence-corrected chi connectivity index (χ2v) is 10.9. The molecule has 0 bridgehead atoms. The number of oxazole rings is 1. The lowest BCUT2D eigenvalue weighted by molar-refractivity contribution is -0.387. The van der Waals surface area contributed by atoms with Crippen molar-refractivity contribution in [3.8, 4) is 17.2 Å². The summed E-state index contributed by atoms with van der Waals surface area (Å²) in [6, 6.07) is 3.60. The topological polar surface area (TPSA) is 142 Å². The smallest absolute Gasteiger partial charge is 0.433 e. The van der Waals surface area contributed by atoms with E-state index in [9.17, 15) is 22.8 Å². The Hall–Kier alpha value is -3.75. The number of hydrogen-bond donors (Lipinski definition) is 2. The molecular formula is C28H30F3N5O6. The van der Waals surface area contributed by atoms with E-state index in [0.717, 1.165) is 18.9 Å². The first-order valence-electron chi connectivity index (χ1n) is 13.7. The average Bonchev–Trinajstić information content (AvgIpc) is 3.56. The molecule has 4 heterocycles. The Morgan fingerprint density at radius 1 is 1.17 bits per heavy atom. The fourth-order valence-electron chi connectivity index (χ4n) is 5.44. The molecule has 6 rings (SSSR count). The van der Waals surface area contributed by atoms with E-state index in [2.05, 4.69) is 15.3 Å². The third kappa shape index (κ3) is 5.18. The van der Waals surface area contributed by atoms with Gasteiger partial charge in [0, 0.05) is 29.5 Å². The average molecular weight is 590 g/mol. The monoisotopic (exact) mass is 589 g/mol. The number of halogens is 3. The van der Waals surface area contributed by atoms with Crippen LogP contribution in [-0.2, 0) is 20.4 Å². The number of alkyl halides is 3. The van der Waals surface area contributed by atoms with Crippen LogP contribution in [0, 0.1) is 5.92 Å². The van der Waals surface area contributed by atoms with Crippen molar-refractivity contribution in [3.63, 3.8) is 0 Å². The van der Waals surface area contributed by atoms with Crippen LogP contribution in [0.2, 0.25) is 0 Å². The predicted octanol–water partition coefficient (Wildman–Crippen LogP) is 3.77. The molecular weight excluding hydrogens is 559 g/mol. The number of carbonyl (C=O) groups excluding carboxylic acids is 2. The third-order valence-corrected chi connectivity index (χ3v) is 7.69. The van der Waals surface area contributed by atoms with Gasteiger partial charge in [-0.2, -0.15) is 13.2 Å². The molecule has 1 aromatic carbocycles. The molecule has 0 radical (unpaired) electrons. The first-order valence-corrected chi connectivity index (χ1v) is 13.7. The second kappa shape index (κ2) is 10.5. The number of carbonyl (C=O) groups is 2. The highest BCUT2D eigenvalue weighted by Crippen LogP contribution is 2.39. The van der Waals surface area contributed by atoms with Crippen molar-refractivity contribution >= 4 is 22.7 Å². The number of nitrogens with one attached hydrogen (secondary N) is 1. The standard InChI is InChI=1S/C28H30F3N5O6/c1-12(32)23-22(26(38)36-11-15(33-24(37)14-4-5-14)10-18(36)27-40-13(2)41-27)35-25(42-23)17-6-8-19(39-3)21-16(17)7-9-20(34-21)28(29,30)31/h6-9,12-15,18,27H,4-5,10-11,32H2,1-3H3,(H,33,37)/t12-,13?,15+,18-,27?/m0/s1. The molecule has 2 amide bonds. The van der Waals surface area contributed by atoms with Gasteiger partial charge in [-0.1, -0.05) is 0 Å². The fourth-order valence-corrected chi connectivity index (χ4v) is 5.44. The van der Waals surface area contributed by atoms with Gasteiger partial charge in [0.05, 0.1) is 19.2 Å². The highest BCUT2D eigenvalue weighted by molar-refractivity contribution is 5.98. The van der Waals surface area contributed by atoms with Gasteiger partial charge in [0.2, 0.25) is 11.8 Å². The Balaban J connectivity index is 1.36. The zero-order valence-corrected chi connectivity index (χ0v) is 23.1. The molecule has 1 saturated carbocycles. The van der Waals surface area contributed by atoms with E-state index in [-0.39, 0.29) is 58.4 Å². The molecule has 0 spiro atoms. The van der Waals surface area contributed by atoms with E-state index >= 15 is 0 Å². The first-order chi connectivity index (χ1) is 19.9. The maximum atomic E-state index is 14.0. The number of likely N-dealkylation sites (tertiary alicyclic amines) is 1. The number of ether oxygens (including phenoxy) is 3. The summed E-state index contributed by atoms with van der Waals surface area (Å²) < 4.78 is 62.9. The van der Waals surface area contributed by atoms with Crippen LogP contribution in [0.25, 0.3) is 22.4 Å². The summed E-state index contributed by atoms with van der Waals surface area (Å²) in [5.74, 6) is -0.304. The molecule has 2 saturated heterocycles. The van der Waals surface area contributed by atoms with E-state index in [1.165, 1.54) is 19.2 Å². The second-order valence-electron chi connectivity index (χ2n) is 10.9. The molecule has 14 heteroatoms. The Labute approximate surface area is 238 Å². The molecule has 3 aliphatic rings. The van der Waals surface area contributed by atoms with Gasteiger partial charge >= 0.3 is 6.18 Å². The number of methoxy groups -OCH3 is 1. The van der Waals surface area contributed by atoms with Crippen LogP contribution in [0.5, 0.6) is 5.75 Å². The lowest BCUT2D eigenvalue weighted by Gasteiger charge is -2.40. The van der Waals surface area contributed by atoms with Gasteiger partial charge in [0.25, 0.3) is 5.91 Å². The van der Waals surface area contributed by atoms with Crippen LogP contribution in [0.1, 0.15) is 61.1 Å². The predicted molar refractivity (Wildman–Crippen MR) is 141 cm³/mol. The van der Waals surface area contributed by atoms with Crippen LogP contribution < -0.4 is 15.8 Å². The van der Waals surface area contributed by atoms with Gasteiger partial charge in [-0.3, -0.25) is 9.59 Å². The molecule has 11 nitrogen and oxygen atoms in total. The molecule has 224 valence electrons. The summed E-state index contributed by atoms with van der Waals surface area (Å²) >= 11 is 0. The van der Waals surface area contributed by atoms with Crippen molar-refractivity contribution in [1.82, 2.24) is 20.2 Å². The van der Waals surface area contributed by atoms with Crippen molar-refractivity contribution in [2.45, 2.75) is 70.0 Å². The molecule has 3 atom stereocenters. The van der Waals surface area contributed by atoms with Crippen LogP contribution in [-0.4, -0.2) is 65.0 Å². The van der Waals surface area contributed by atoms with Crippen molar-refractivity contribution in [2.24, 2.45) is 11.7 Å². The molecule has 42 heavy (non-hydrogen) atoms. The minimum absolute atomic E-state index is 0.00763. The zero-order chi connectivity index (χ0) is 29.9. The van der Waals surface area contributed by atoms with Gasteiger partial charge < -0.3 is 34.6 Å². The highest BCUT2D eigenvalue weighted by atomic mass is 19.4. The Morgan fingerprint density at radius 2 is 1.90 bits per heavy atom. The number of hydrogen-bond acceptors (Lipinski definition) is 9. The van der Waals surface area contributed by atoms with Gasteiger partial charge in [0.15, 0.2) is 24.0 Å². The third-order valence-electron chi connectivity index (χ3n) is 7.69. The lowest BCUT2D eigenvalue weighted by Crippen LogP contribution is -2.53. The van der Waals surface area contributed by atoms with E-state index in [1.807, 2.05) is 0 Å². The van der Waals surface area contributed by atoms with Gasteiger partial charge in [-0.15, -0.1) is 0 Å². The van der Waals surface area contributed by atoms with Crippen molar-refractivity contribution in [3.05, 3.63) is 41.4 Å². The molecule has 3 aromatic rings. The molecule has 0 unspecified atom stereocenters. The number of nitrogens with zero attached hydrogens (tertiary/aromatic N) is 3. The summed E-state index contributed by atoms with van der Waals surface area (Å²) in [6.07, 6.45) is -3.62. The summed E-state index contributed by atoms with van der Waals surface area (Å²) in [5.41, 5.74) is 5.32. The molecule has 3 fully saturated rings. The number of rotatable bonds is 7. The largest absolute Gasteiger partial charge is 0.494 e. The van der Waals surface area contributed by atoms with Crippen LogP contribution in [0.4, 0.5) is 13.2 Å². The summed E-state index contributed by atoms with van der Waals surface area (Å²) in [5, 5.41) is 3.31. The van der Waals surface area contributed by atoms with Crippen LogP contribution in [0.15, 0.2) is 28.7 Å². The normalized spacial score (nSPS) is 24.9. The fraction of sp³-hybridized carbons (Fsp3) is 0.500. The van der Waals surface area contributed by atoms with Crippen LogP contribution >= 0.6 is 0 Å². The first kappa shape index (κ1) is 28.4. The summed E-state index contributed by atoms with van der Waals surface area (Å²) in [6.45, 7) is 3.58. The zero-order valence-electron chi connectivity index (χ0n) is 23.1. The van der Waals surface area contributed by atoms with Crippen LogP contribution in [0.3, 0.4) is 0 Å². The number of pyridine rings is 1. The molecule has 2 aliphatic heterocycles. The van der Waals surface area contributed by atoms with E-state index in [0.29, 0.717) is 12.0 Å². The van der Waals surface area contributed by atoms with E-state index in [1.54, 1.807) is 24.8 Å². The van der Waals surface area contributed by atoms with Crippen molar-refractivity contribution in [1.29, 1.82) is 0 Å². The van der Waals surface area contributed by atoms with Gasteiger partial charge in [0.1, 0.15) is 17.0 Å². The Morgan fingerprint density at radius 3 is 2.52 bits per heavy atom. The quantitative estimate of drug-likeness (QED) is 0.421. The summed E-state index contributed by atoms with van der Waals surface area (Å²) in [7, 11) is 1.33. The minimum Gasteiger partial charge on any atom is -0.494 e.